The third kappa shape index (κ3) is 3.12. The van der Waals surface area contributed by atoms with Gasteiger partial charge < -0.3 is 10.3 Å². The minimum Gasteiger partial charge on any atom is -0.360 e. The molecule has 0 saturated carbocycles. The van der Waals surface area contributed by atoms with E-state index in [4.69, 9.17) is 11.6 Å². The number of aryl methyl sites for hydroxylation is 1. The quantitative estimate of drug-likeness (QED) is 0.774. The third-order valence-corrected chi connectivity index (χ3v) is 4.05. The largest absolute Gasteiger partial charge is 0.360 e. The molecule has 0 aliphatic heterocycles. The molecule has 23 heavy (non-hydrogen) atoms. The Labute approximate surface area is 138 Å². The number of hydrogen-bond donors (Lipinski definition) is 2. The SMILES string of the molecule is Cc1ccc2[nH]cc(C(=O)NCc3ccccc3Cl)c(=O)c2c1. The highest BCUT2D eigenvalue weighted by atomic mass is 35.5. The maximum atomic E-state index is 12.5. The van der Waals surface area contributed by atoms with Gasteiger partial charge in [-0.3, -0.25) is 9.59 Å². The van der Waals surface area contributed by atoms with Crippen molar-refractivity contribution in [1.82, 2.24) is 10.3 Å². The van der Waals surface area contributed by atoms with Crippen LogP contribution in [-0.4, -0.2) is 10.9 Å². The first-order valence-corrected chi connectivity index (χ1v) is 7.58. The molecule has 0 aliphatic carbocycles. The number of hydrogen-bond acceptors (Lipinski definition) is 2. The van der Waals surface area contributed by atoms with Crippen LogP contribution in [0.5, 0.6) is 0 Å². The predicted octanol–water partition coefficient (Wildman–Crippen LogP) is 3.42. The van der Waals surface area contributed by atoms with Gasteiger partial charge in [0.2, 0.25) is 5.43 Å². The number of carbonyl (C=O) groups is 1. The number of H-pyrrole nitrogens is 1. The van der Waals surface area contributed by atoms with Crippen molar-refractivity contribution in [2.45, 2.75) is 13.5 Å². The minimum absolute atomic E-state index is 0.0927. The van der Waals surface area contributed by atoms with Crippen molar-refractivity contribution >= 4 is 28.4 Å². The molecular formula is C18H15ClN2O2. The van der Waals surface area contributed by atoms with E-state index in [0.29, 0.717) is 15.9 Å². The summed E-state index contributed by atoms with van der Waals surface area (Å²) >= 11 is 6.06. The van der Waals surface area contributed by atoms with E-state index in [9.17, 15) is 9.59 Å². The lowest BCUT2D eigenvalue weighted by atomic mass is 10.1. The fourth-order valence-electron chi connectivity index (χ4n) is 2.41. The Kier molecular flexibility index (Phi) is 4.17. The molecule has 5 heteroatoms. The number of pyridine rings is 1. The highest BCUT2D eigenvalue weighted by Crippen LogP contribution is 2.15. The van der Waals surface area contributed by atoms with E-state index in [2.05, 4.69) is 10.3 Å². The third-order valence-electron chi connectivity index (χ3n) is 3.68. The molecule has 1 aromatic heterocycles. The Morgan fingerprint density at radius 3 is 2.78 bits per heavy atom. The number of carbonyl (C=O) groups excluding carboxylic acids is 1. The van der Waals surface area contributed by atoms with Crippen LogP contribution >= 0.6 is 11.6 Å². The van der Waals surface area contributed by atoms with Gasteiger partial charge in [-0.05, 0) is 30.7 Å². The fraction of sp³-hybridized carbons (Fsp3) is 0.111. The van der Waals surface area contributed by atoms with Crippen molar-refractivity contribution < 1.29 is 4.79 Å². The lowest BCUT2D eigenvalue weighted by molar-refractivity contribution is 0.0949. The number of rotatable bonds is 3. The highest BCUT2D eigenvalue weighted by Gasteiger charge is 2.13. The Balaban J connectivity index is 1.88. The molecule has 0 bridgehead atoms. The molecule has 0 atom stereocenters. The summed E-state index contributed by atoms with van der Waals surface area (Å²) in [5.74, 6) is -0.422. The number of halogens is 1. The summed E-state index contributed by atoms with van der Waals surface area (Å²) in [5, 5.41) is 3.82. The lowest BCUT2D eigenvalue weighted by Gasteiger charge is -2.07. The van der Waals surface area contributed by atoms with Gasteiger partial charge in [-0.2, -0.15) is 0 Å². The van der Waals surface area contributed by atoms with Crippen LogP contribution in [0, 0.1) is 6.92 Å². The van der Waals surface area contributed by atoms with Gasteiger partial charge in [0.1, 0.15) is 5.56 Å². The molecule has 1 heterocycles. The van der Waals surface area contributed by atoms with Gasteiger partial charge in [-0.25, -0.2) is 0 Å². The van der Waals surface area contributed by atoms with Gasteiger partial charge in [0.25, 0.3) is 5.91 Å². The Morgan fingerprint density at radius 1 is 1.22 bits per heavy atom. The zero-order valence-corrected chi connectivity index (χ0v) is 13.3. The zero-order chi connectivity index (χ0) is 16.4. The van der Waals surface area contributed by atoms with Crippen molar-refractivity contribution in [3.05, 3.63) is 80.6 Å². The predicted molar refractivity (Wildman–Crippen MR) is 91.9 cm³/mol. The molecule has 0 radical (unpaired) electrons. The van der Waals surface area contributed by atoms with E-state index in [0.717, 1.165) is 11.1 Å². The highest BCUT2D eigenvalue weighted by molar-refractivity contribution is 6.31. The van der Waals surface area contributed by atoms with Crippen LogP contribution < -0.4 is 10.7 Å². The molecule has 0 fully saturated rings. The molecule has 2 N–H and O–H groups in total. The smallest absolute Gasteiger partial charge is 0.257 e. The zero-order valence-electron chi connectivity index (χ0n) is 12.5. The van der Waals surface area contributed by atoms with Crippen LogP contribution in [0.2, 0.25) is 5.02 Å². The van der Waals surface area contributed by atoms with Crippen LogP contribution in [0.15, 0.2) is 53.5 Å². The monoisotopic (exact) mass is 326 g/mol. The van der Waals surface area contributed by atoms with Crippen molar-refractivity contribution in [3.8, 4) is 0 Å². The van der Waals surface area contributed by atoms with Crippen LogP contribution in [0.25, 0.3) is 10.9 Å². The fourth-order valence-corrected chi connectivity index (χ4v) is 2.62. The van der Waals surface area contributed by atoms with E-state index < -0.39 is 5.91 Å². The number of fused-ring (bicyclic) bond motifs is 1. The van der Waals surface area contributed by atoms with Crippen LogP contribution in [0.1, 0.15) is 21.5 Å². The molecule has 4 nitrogen and oxygen atoms in total. The topological polar surface area (TPSA) is 62.0 Å². The van der Waals surface area contributed by atoms with Crippen LogP contribution in [-0.2, 0) is 6.54 Å². The van der Waals surface area contributed by atoms with Crippen molar-refractivity contribution in [2.75, 3.05) is 0 Å². The number of amides is 1. The number of aromatic nitrogens is 1. The Hall–Kier alpha value is -2.59. The Morgan fingerprint density at radius 2 is 2.00 bits per heavy atom. The van der Waals surface area contributed by atoms with E-state index in [1.54, 1.807) is 12.1 Å². The maximum absolute atomic E-state index is 12.5. The first-order chi connectivity index (χ1) is 11.1. The molecular weight excluding hydrogens is 312 g/mol. The van der Waals surface area contributed by atoms with E-state index in [-0.39, 0.29) is 17.5 Å². The maximum Gasteiger partial charge on any atom is 0.257 e. The summed E-state index contributed by atoms with van der Waals surface area (Å²) in [6.07, 6.45) is 1.45. The van der Waals surface area contributed by atoms with E-state index >= 15 is 0 Å². The van der Waals surface area contributed by atoms with Crippen molar-refractivity contribution in [3.63, 3.8) is 0 Å². The molecule has 0 saturated heterocycles. The summed E-state index contributed by atoms with van der Waals surface area (Å²) in [6, 6.07) is 12.8. The second-order valence-electron chi connectivity index (χ2n) is 5.35. The molecule has 3 aromatic rings. The standard InChI is InChI=1S/C18H15ClN2O2/c1-11-6-7-16-13(8-11)17(22)14(10-20-16)18(23)21-9-12-4-2-3-5-15(12)19/h2-8,10H,9H2,1H3,(H,20,22)(H,21,23). The summed E-state index contributed by atoms with van der Waals surface area (Å²) < 4.78 is 0. The lowest BCUT2D eigenvalue weighted by Crippen LogP contribution is -2.28. The molecule has 0 unspecified atom stereocenters. The molecule has 116 valence electrons. The number of benzene rings is 2. The number of aromatic amines is 1. The number of nitrogens with one attached hydrogen (secondary N) is 2. The minimum atomic E-state index is -0.422. The van der Waals surface area contributed by atoms with Gasteiger partial charge >= 0.3 is 0 Å². The summed E-state index contributed by atoms with van der Waals surface area (Å²) in [7, 11) is 0. The van der Waals surface area contributed by atoms with Gasteiger partial charge in [0.05, 0.1) is 0 Å². The molecule has 0 aliphatic rings. The van der Waals surface area contributed by atoms with Crippen molar-refractivity contribution in [1.29, 1.82) is 0 Å². The molecule has 0 spiro atoms. The first kappa shape index (κ1) is 15.3. The van der Waals surface area contributed by atoms with Gasteiger partial charge in [0.15, 0.2) is 0 Å². The van der Waals surface area contributed by atoms with Crippen LogP contribution in [0.3, 0.4) is 0 Å². The summed E-state index contributed by atoms with van der Waals surface area (Å²) in [6.45, 7) is 2.17. The first-order valence-electron chi connectivity index (χ1n) is 7.20. The van der Waals surface area contributed by atoms with E-state index in [1.807, 2.05) is 37.3 Å². The van der Waals surface area contributed by atoms with E-state index in [1.165, 1.54) is 6.20 Å². The summed E-state index contributed by atoms with van der Waals surface area (Å²) in [5.41, 5.74) is 2.30. The average Bonchev–Trinajstić information content (AvgIpc) is 2.55. The van der Waals surface area contributed by atoms with Gasteiger partial charge in [-0.15, -0.1) is 0 Å². The van der Waals surface area contributed by atoms with Crippen LogP contribution in [0.4, 0.5) is 0 Å². The Bertz CT molecular complexity index is 947. The summed E-state index contributed by atoms with van der Waals surface area (Å²) in [4.78, 5) is 27.8. The second kappa shape index (κ2) is 6.26. The average molecular weight is 327 g/mol. The molecule has 3 rings (SSSR count). The van der Waals surface area contributed by atoms with Gasteiger partial charge in [-0.1, -0.05) is 41.4 Å². The second-order valence-corrected chi connectivity index (χ2v) is 5.76. The van der Waals surface area contributed by atoms with Crippen molar-refractivity contribution in [2.24, 2.45) is 0 Å². The normalized spacial score (nSPS) is 10.7. The van der Waals surface area contributed by atoms with Gasteiger partial charge in [0, 0.05) is 28.7 Å². The molecule has 1 amide bonds. The molecule has 2 aromatic carbocycles.